The van der Waals surface area contributed by atoms with Crippen LogP contribution in [0.2, 0.25) is 0 Å². The smallest absolute Gasteiger partial charge is 0.335 e. The monoisotopic (exact) mass is 196 g/mol. The number of anilines is 1. The van der Waals surface area contributed by atoms with Crippen molar-refractivity contribution in [2.24, 2.45) is 5.73 Å². The van der Waals surface area contributed by atoms with Crippen molar-refractivity contribution in [1.29, 1.82) is 0 Å². The van der Waals surface area contributed by atoms with Crippen LogP contribution in [0.5, 0.6) is 0 Å². The van der Waals surface area contributed by atoms with Crippen LogP contribution in [0.3, 0.4) is 0 Å². The van der Waals surface area contributed by atoms with Crippen LogP contribution in [0.4, 0.5) is 5.69 Å². The van der Waals surface area contributed by atoms with Gasteiger partial charge in [0.05, 0.1) is 5.56 Å². The third-order valence-corrected chi connectivity index (χ3v) is 1.50. The maximum absolute atomic E-state index is 10.5. The van der Waals surface area contributed by atoms with Crippen molar-refractivity contribution >= 4 is 29.0 Å². The lowest BCUT2D eigenvalue weighted by Gasteiger charge is -2.02. The molecular weight excluding hydrogens is 188 g/mol. The average molecular weight is 196 g/mol. The molecular formula is C8H8N2O2S. The Balaban J connectivity index is 2.81. The van der Waals surface area contributed by atoms with Gasteiger partial charge in [-0.25, -0.2) is 4.79 Å². The molecule has 0 spiro atoms. The number of carbonyl (C=O) groups is 1. The normalized spacial score (nSPS) is 9.23. The molecule has 0 aliphatic heterocycles. The molecule has 0 radical (unpaired) electrons. The minimum Gasteiger partial charge on any atom is -0.478 e. The molecule has 0 saturated carbocycles. The first-order valence-corrected chi connectivity index (χ1v) is 3.90. The third kappa shape index (κ3) is 2.72. The summed E-state index contributed by atoms with van der Waals surface area (Å²) in [7, 11) is 0. The van der Waals surface area contributed by atoms with Gasteiger partial charge in [-0.2, -0.15) is 0 Å². The number of carboxylic acids is 1. The molecule has 0 atom stereocenters. The van der Waals surface area contributed by atoms with Crippen LogP contribution >= 0.6 is 12.2 Å². The first kappa shape index (κ1) is 9.47. The van der Waals surface area contributed by atoms with E-state index < -0.39 is 5.97 Å². The van der Waals surface area contributed by atoms with E-state index in [-0.39, 0.29) is 10.7 Å². The highest BCUT2D eigenvalue weighted by atomic mass is 32.1. The van der Waals surface area contributed by atoms with Crippen molar-refractivity contribution in [3.8, 4) is 0 Å². The molecule has 13 heavy (non-hydrogen) atoms. The number of nitrogens with one attached hydrogen (secondary N) is 1. The summed E-state index contributed by atoms with van der Waals surface area (Å²) in [5.74, 6) is -0.957. The predicted octanol–water partition coefficient (Wildman–Crippen LogP) is 1.04. The zero-order chi connectivity index (χ0) is 9.84. The Morgan fingerprint density at radius 2 is 1.92 bits per heavy atom. The fourth-order valence-electron chi connectivity index (χ4n) is 0.838. The molecule has 0 saturated heterocycles. The van der Waals surface area contributed by atoms with Gasteiger partial charge in [0, 0.05) is 5.69 Å². The lowest BCUT2D eigenvalue weighted by atomic mass is 10.2. The van der Waals surface area contributed by atoms with Crippen molar-refractivity contribution < 1.29 is 9.90 Å². The van der Waals surface area contributed by atoms with Crippen molar-refractivity contribution in [2.75, 3.05) is 5.32 Å². The van der Waals surface area contributed by atoms with E-state index in [2.05, 4.69) is 17.5 Å². The molecule has 0 bridgehead atoms. The van der Waals surface area contributed by atoms with Crippen LogP contribution in [0, 0.1) is 0 Å². The van der Waals surface area contributed by atoms with E-state index in [9.17, 15) is 4.79 Å². The predicted molar refractivity (Wildman–Crippen MR) is 53.8 cm³/mol. The Kier molecular flexibility index (Phi) is 2.81. The second kappa shape index (κ2) is 3.86. The van der Waals surface area contributed by atoms with Crippen LogP contribution in [0.15, 0.2) is 24.3 Å². The number of carboxylic acid groups (broad SMARTS) is 1. The number of rotatable bonds is 2. The molecule has 0 aliphatic rings. The molecule has 1 aromatic carbocycles. The Bertz CT molecular complexity index is 335. The molecule has 0 aliphatic carbocycles. The van der Waals surface area contributed by atoms with Gasteiger partial charge in [-0.15, -0.1) is 0 Å². The summed E-state index contributed by atoms with van der Waals surface area (Å²) < 4.78 is 0. The van der Waals surface area contributed by atoms with E-state index in [0.717, 1.165) is 0 Å². The summed E-state index contributed by atoms with van der Waals surface area (Å²) in [5, 5.41) is 11.4. The molecule has 0 fully saturated rings. The van der Waals surface area contributed by atoms with Crippen molar-refractivity contribution in [2.45, 2.75) is 0 Å². The minimum absolute atomic E-state index is 0.156. The lowest BCUT2D eigenvalue weighted by molar-refractivity contribution is 0.0697. The van der Waals surface area contributed by atoms with Gasteiger partial charge in [-0.1, -0.05) is 0 Å². The maximum atomic E-state index is 10.5. The summed E-state index contributed by atoms with van der Waals surface area (Å²) in [6, 6.07) is 6.15. The zero-order valence-corrected chi connectivity index (χ0v) is 7.47. The Morgan fingerprint density at radius 3 is 2.31 bits per heavy atom. The number of hydrogen-bond donors (Lipinski definition) is 3. The second-order valence-corrected chi connectivity index (χ2v) is 2.81. The maximum Gasteiger partial charge on any atom is 0.335 e. The van der Waals surface area contributed by atoms with Gasteiger partial charge in [-0.3, -0.25) is 0 Å². The fourth-order valence-corrected chi connectivity index (χ4v) is 0.956. The van der Waals surface area contributed by atoms with E-state index in [0.29, 0.717) is 5.69 Å². The summed E-state index contributed by atoms with van der Waals surface area (Å²) in [6.45, 7) is 0. The highest BCUT2D eigenvalue weighted by Crippen LogP contribution is 2.08. The second-order valence-electron chi connectivity index (χ2n) is 2.37. The van der Waals surface area contributed by atoms with E-state index in [1.165, 1.54) is 12.1 Å². The molecule has 0 unspecified atom stereocenters. The van der Waals surface area contributed by atoms with Gasteiger partial charge in [-0.05, 0) is 36.5 Å². The first-order valence-electron chi connectivity index (χ1n) is 3.49. The van der Waals surface area contributed by atoms with Gasteiger partial charge in [0.15, 0.2) is 5.11 Å². The fraction of sp³-hybridized carbons (Fsp3) is 0. The Morgan fingerprint density at radius 1 is 1.38 bits per heavy atom. The Labute approximate surface area is 80.4 Å². The number of thiocarbonyl (C=S) groups is 1. The molecule has 0 heterocycles. The number of benzene rings is 1. The van der Waals surface area contributed by atoms with Crippen molar-refractivity contribution in [3.05, 3.63) is 29.8 Å². The average Bonchev–Trinajstić information content (AvgIpc) is 2.04. The molecule has 1 aromatic rings. The van der Waals surface area contributed by atoms with Crippen molar-refractivity contribution in [1.82, 2.24) is 0 Å². The summed E-state index contributed by atoms with van der Waals surface area (Å²) in [6.07, 6.45) is 0. The minimum atomic E-state index is -0.957. The third-order valence-electron chi connectivity index (χ3n) is 1.40. The quantitative estimate of drug-likeness (QED) is 0.616. The van der Waals surface area contributed by atoms with Gasteiger partial charge < -0.3 is 16.2 Å². The number of aromatic carboxylic acids is 1. The van der Waals surface area contributed by atoms with E-state index in [1.807, 2.05) is 0 Å². The van der Waals surface area contributed by atoms with Crippen LogP contribution in [-0.4, -0.2) is 16.2 Å². The lowest BCUT2D eigenvalue weighted by Crippen LogP contribution is -2.18. The molecule has 4 N–H and O–H groups in total. The largest absolute Gasteiger partial charge is 0.478 e. The SMILES string of the molecule is NC(=S)Nc1ccc(C(=O)O)cc1. The molecule has 4 nitrogen and oxygen atoms in total. The van der Waals surface area contributed by atoms with Crippen LogP contribution < -0.4 is 11.1 Å². The summed E-state index contributed by atoms with van der Waals surface area (Å²) in [4.78, 5) is 10.5. The topological polar surface area (TPSA) is 75.3 Å². The summed E-state index contributed by atoms with van der Waals surface area (Å²) >= 11 is 4.61. The van der Waals surface area contributed by atoms with Gasteiger partial charge in [0.1, 0.15) is 0 Å². The van der Waals surface area contributed by atoms with E-state index in [1.54, 1.807) is 12.1 Å². The van der Waals surface area contributed by atoms with Crippen LogP contribution in [0.25, 0.3) is 0 Å². The van der Waals surface area contributed by atoms with Gasteiger partial charge in [0.2, 0.25) is 0 Å². The molecule has 1 rings (SSSR count). The molecule has 68 valence electrons. The van der Waals surface area contributed by atoms with Gasteiger partial charge in [0.25, 0.3) is 0 Å². The molecule has 0 aromatic heterocycles. The van der Waals surface area contributed by atoms with E-state index >= 15 is 0 Å². The van der Waals surface area contributed by atoms with E-state index in [4.69, 9.17) is 10.8 Å². The summed E-state index contributed by atoms with van der Waals surface area (Å²) in [5.41, 5.74) is 6.13. The first-order chi connectivity index (χ1) is 6.09. The number of nitrogens with two attached hydrogens (primary N) is 1. The highest BCUT2D eigenvalue weighted by molar-refractivity contribution is 7.80. The highest BCUT2D eigenvalue weighted by Gasteiger charge is 2.00. The zero-order valence-electron chi connectivity index (χ0n) is 6.65. The molecule has 0 amide bonds. The standard InChI is InChI=1S/C8H8N2O2S/c9-8(13)10-6-3-1-5(2-4-6)7(11)12/h1-4H,(H,11,12)(H3,9,10,13). The molecule has 5 heteroatoms. The van der Waals surface area contributed by atoms with Crippen LogP contribution in [-0.2, 0) is 0 Å². The Hall–Kier alpha value is -1.62. The number of hydrogen-bond acceptors (Lipinski definition) is 2. The van der Waals surface area contributed by atoms with Crippen molar-refractivity contribution in [3.63, 3.8) is 0 Å². The van der Waals surface area contributed by atoms with Gasteiger partial charge >= 0.3 is 5.97 Å². The van der Waals surface area contributed by atoms with Crippen LogP contribution in [0.1, 0.15) is 10.4 Å².